The summed E-state index contributed by atoms with van der Waals surface area (Å²) < 4.78 is 5.13. The van der Waals surface area contributed by atoms with Gasteiger partial charge < -0.3 is 25.4 Å². The summed E-state index contributed by atoms with van der Waals surface area (Å²) in [5.41, 5.74) is 3.27. The predicted molar refractivity (Wildman–Crippen MR) is 151 cm³/mol. The maximum Gasteiger partial charge on any atom is 0.350 e. The van der Waals surface area contributed by atoms with Crippen LogP contribution in [0.2, 0.25) is 5.02 Å². The molecule has 2 aromatic carbocycles. The molecule has 2 heterocycles. The SMILES string of the molecule is CCOC(=O)c1sc(N2CCC[C@H]2C(=O)Nc2ccc(CCNC[C@H](O)c3cccc(Cl)c3)cc2)nc1C. The molecule has 0 unspecified atom stereocenters. The average molecular weight is 557 g/mol. The van der Waals surface area contributed by atoms with E-state index in [2.05, 4.69) is 15.6 Å². The lowest BCUT2D eigenvalue weighted by molar-refractivity contribution is -0.117. The van der Waals surface area contributed by atoms with E-state index in [0.29, 0.717) is 47.0 Å². The fourth-order valence-electron chi connectivity index (χ4n) is 4.44. The van der Waals surface area contributed by atoms with E-state index in [4.69, 9.17) is 16.3 Å². The average Bonchev–Trinajstić information content (AvgIpc) is 3.54. The first kappa shape index (κ1) is 28.0. The summed E-state index contributed by atoms with van der Waals surface area (Å²) in [7, 11) is 0. The monoisotopic (exact) mass is 556 g/mol. The molecule has 1 aromatic heterocycles. The number of hydrogen-bond donors (Lipinski definition) is 3. The number of ether oxygens (including phenoxy) is 1. The number of amides is 1. The maximum absolute atomic E-state index is 13.1. The number of rotatable bonds is 11. The van der Waals surface area contributed by atoms with Gasteiger partial charge in [0, 0.05) is 23.8 Å². The minimum absolute atomic E-state index is 0.0857. The van der Waals surface area contributed by atoms with E-state index in [9.17, 15) is 14.7 Å². The second kappa shape index (κ2) is 13.2. The van der Waals surface area contributed by atoms with Gasteiger partial charge in [-0.05, 0) is 75.0 Å². The zero-order chi connectivity index (χ0) is 27.1. The van der Waals surface area contributed by atoms with E-state index < -0.39 is 6.10 Å². The van der Waals surface area contributed by atoms with Gasteiger partial charge in [0.05, 0.1) is 18.4 Å². The molecule has 10 heteroatoms. The maximum atomic E-state index is 13.1. The Hall–Kier alpha value is -2.98. The highest BCUT2D eigenvalue weighted by Gasteiger charge is 2.33. The Bertz CT molecular complexity index is 1250. The quantitative estimate of drug-likeness (QED) is 0.231. The first-order valence-corrected chi connectivity index (χ1v) is 14.0. The van der Waals surface area contributed by atoms with Gasteiger partial charge >= 0.3 is 5.97 Å². The van der Waals surface area contributed by atoms with Crippen molar-refractivity contribution in [3.8, 4) is 0 Å². The Morgan fingerprint density at radius 1 is 1.26 bits per heavy atom. The summed E-state index contributed by atoms with van der Waals surface area (Å²) in [5.74, 6) is -0.459. The van der Waals surface area contributed by atoms with Crippen LogP contribution in [-0.2, 0) is 16.0 Å². The molecular weight excluding hydrogens is 524 g/mol. The number of halogens is 1. The van der Waals surface area contributed by atoms with Crippen molar-refractivity contribution >= 4 is 45.6 Å². The second-order valence-electron chi connectivity index (χ2n) is 9.19. The van der Waals surface area contributed by atoms with E-state index in [1.54, 1.807) is 26.0 Å². The molecule has 8 nitrogen and oxygen atoms in total. The Morgan fingerprint density at radius 2 is 2.05 bits per heavy atom. The third-order valence-corrected chi connectivity index (χ3v) is 7.84. The number of anilines is 2. The van der Waals surface area contributed by atoms with Gasteiger partial charge in [-0.25, -0.2) is 9.78 Å². The van der Waals surface area contributed by atoms with Crippen LogP contribution >= 0.6 is 22.9 Å². The van der Waals surface area contributed by atoms with Crippen molar-refractivity contribution in [3.05, 3.63) is 75.3 Å². The van der Waals surface area contributed by atoms with Crippen LogP contribution in [-0.4, -0.2) is 54.2 Å². The van der Waals surface area contributed by atoms with Gasteiger partial charge in [-0.1, -0.05) is 47.2 Å². The molecule has 0 radical (unpaired) electrons. The van der Waals surface area contributed by atoms with Gasteiger partial charge in [-0.15, -0.1) is 0 Å². The zero-order valence-electron chi connectivity index (χ0n) is 21.6. The van der Waals surface area contributed by atoms with Crippen molar-refractivity contribution in [1.29, 1.82) is 0 Å². The molecule has 0 aliphatic carbocycles. The Labute approximate surface area is 232 Å². The number of aryl methyl sites for hydroxylation is 1. The van der Waals surface area contributed by atoms with Crippen LogP contribution in [0.25, 0.3) is 0 Å². The fourth-order valence-corrected chi connectivity index (χ4v) is 5.68. The molecule has 1 fully saturated rings. The van der Waals surface area contributed by atoms with Crippen molar-refractivity contribution in [1.82, 2.24) is 10.3 Å². The van der Waals surface area contributed by atoms with Crippen molar-refractivity contribution in [3.63, 3.8) is 0 Å². The molecule has 1 aliphatic rings. The highest BCUT2D eigenvalue weighted by atomic mass is 35.5. The highest BCUT2D eigenvalue weighted by Crippen LogP contribution is 2.32. The number of aromatic nitrogens is 1. The molecule has 1 aliphatic heterocycles. The molecule has 1 saturated heterocycles. The Morgan fingerprint density at radius 3 is 2.79 bits per heavy atom. The summed E-state index contributed by atoms with van der Waals surface area (Å²) in [6.45, 7) is 5.73. The summed E-state index contributed by atoms with van der Waals surface area (Å²) in [5, 5.41) is 17.9. The van der Waals surface area contributed by atoms with Crippen LogP contribution in [0.3, 0.4) is 0 Å². The van der Waals surface area contributed by atoms with Crippen LogP contribution in [0.15, 0.2) is 48.5 Å². The number of nitrogens with one attached hydrogen (secondary N) is 2. The predicted octanol–water partition coefficient (Wildman–Crippen LogP) is 4.75. The lowest BCUT2D eigenvalue weighted by Gasteiger charge is -2.23. The van der Waals surface area contributed by atoms with Crippen LogP contribution in [0.1, 0.15) is 52.4 Å². The standard InChI is InChI=1S/C28H33ClN4O4S/c1-3-37-27(36)25-18(2)31-28(38-25)33-15-5-8-23(33)26(35)32-22-11-9-19(10-12-22)13-14-30-17-24(34)20-6-4-7-21(29)16-20/h4,6-7,9-12,16,23-24,30,34H,3,5,8,13-15,17H2,1-2H3,(H,32,35)/t23-,24-/m0/s1. The van der Waals surface area contributed by atoms with Crippen LogP contribution in [0.4, 0.5) is 10.8 Å². The number of aliphatic hydroxyl groups excluding tert-OH is 1. The molecular formula is C28H33ClN4O4S. The fraction of sp³-hybridized carbons (Fsp3) is 0.393. The van der Waals surface area contributed by atoms with Crippen molar-refractivity contribution in [2.45, 2.75) is 45.3 Å². The van der Waals surface area contributed by atoms with Gasteiger partial charge in [0.25, 0.3) is 0 Å². The van der Waals surface area contributed by atoms with E-state index in [-0.39, 0.29) is 17.9 Å². The minimum Gasteiger partial charge on any atom is -0.462 e. The number of nitrogens with zero attached hydrogens (tertiary/aromatic N) is 2. The van der Waals surface area contributed by atoms with Gasteiger partial charge in [-0.3, -0.25) is 4.79 Å². The third kappa shape index (κ3) is 7.11. The number of carbonyl (C=O) groups excluding carboxylic acids is 2. The Balaban J connectivity index is 1.27. The molecule has 3 aromatic rings. The normalized spacial score (nSPS) is 15.9. The number of esters is 1. The van der Waals surface area contributed by atoms with Crippen LogP contribution in [0.5, 0.6) is 0 Å². The smallest absolute Gasteiger partial charge is 0.350 e. The molecule has 0 bridgehead atoms. The largest absolute Gasteiger partial charge is 0.462 e. The molecule has 202 valence electrons. The molecule has 3 N–H and O–H groups in total. The van der Waals surface area contributed by atoms with Crippen molar-refractivity contribution in [2.75, 3.05) is 36.5 Å². The van der Waals surface area contributed by atoms with Gasteiger partial charge in [-0.2, -0.15) is 0 Å². The first-order valence-electron chi connectivity index (χ1n) is 12.8. The van der Waals surface area contributed by atoms with E-state index in [1.165, 1.54) is 11.3 Å². The van der Waals surface area contributed by atoms with E-state index in [0.717, 1.165) is 36.1 Å². The lowest BCUT2D eigenvalue weighted by Crippen LogP contribution is -2.39. The molecule has 0 saturated carbocycles. The summed E-state index contributed by atoms with van der Waals surface area (Å²) in [6, 6.07) is 14.7. The van der Waals surface area contributed by atoms with Crippen LogP contribution in [0, 0.1) is 6.92 Å². The summed E-state index contributed by atoms with van der Waals surface area (Å²) in [6.07, 6.45) is 1.78. The topological polar surface area (TPSA) is 104 Å². The first-order chi connectivity index (χ1) is 18.4. The van der Waals surface area contributed by atoms with Crippen LogP contribution < -0.4 is 15.5 Å². The van der Waals surface area contributed by atoms with Crippen molar-refractivity contribution < 1.29 is 19.4 Å². The van der Waals surface area contributed by atoms with Gasteiger partial charge in [0.2, 0.25) is 5.91 Å². The van der Waals surface area contributed by atoms with Crippen molar-refractivity contribution in [2.24, 2.45) is 0 Å². The minimum atomic E-state index is -0.619. The summed E-state index contributed by atoms with van der Waals surface area (Å²) in [4.78, 5) is 32.3. The van der Waals surface area contributed by atoms with Gasteiger partial charge in [0.1, 0.15) is 10.9 Å². The van der Waals surface area contributed by atoms with E-state index in [1.807, 2.05) is 41.3 Å². The van der Waals surface area contributed by atoms with E-state index >= 15 is 0 Å². The molecule has 0 spiro atoms. The number of carbonyl (C=O) groups is 2. The molecule has 38 heavy (non-hydrogen) atoms. The molecule has 1 amide bonds. The van der Waals surface area contributed by atoms with Gasteiger partial charge in [0.15, 0.2) is 5.13 Å². The highest BCUT2D eigenvalue weighted by molar-refractivity contribution is 7.17. The number of hydrogen-bond acceptors (Lipinski definition) is 8. The number of thiazole rings is 1. The summed E-state index contributed by atoms with van der Waals surface area (Å²) >= 11 is 7.27. The number of aliphatic hydroxyl groups is 1. The Kier molecular flexibility index (Phi) is 9.74. The zero-order valence-corrected chi connectivity index (χ0v) is 23.1. The second-order valence-corrected chi connectivity index (χ2v) is 10.6. The number of benzene rings is 2. The lowest BCUT2D eigenvalue weighted by atomic mass is 10.1. The third-order valence-electron chi connectivity index (χ3n) is 6.43. The molecule has 4 rings (SSSR count). The molecule has 2 atom stereocenters.